The van der Waals surface area contributed by atoms with Gasteiger partial charge in [-0.05, 0) is 25.5 Å². The average Bonchev–Trinajstić information content (AvgIpc) is 3.31. The Balaban J connectivity index is 1.70. The minimum absolute atomic E-state index is 0.0818. The number of carbonyl (C=O) groups excluding carboxylic acids is 1. The Morgan fingerprint density at radius 3 is 2.93 bits per heavy atom. The number of nitrogens with zero attached hydrogens (tertiary/aromatic N) is 6. The summed E-state index contributed by atoms with van der Waals surface area (Å²) in [6, 6.07) is 7.85. The van der Waals surface area contributed by atoms with Gasteiger partial charge in [-0.3, -0.25) is 14.2 Å². The molecule has 8 nitrogen and oxygen atoms in total. The maximum atomic E-state index is 13.2. The lowest BCUT2D eigenvalue weighted by Gasteiger charge is -2.19. The monoisotopic (exact) mass is 422 g/mol. The second-order valence-corrected chi connectivity index (χ2v) is 8.53. The van der Waals surface area contributed by atoms with Crippen LogP contribution in [0.5, 0.6) is 0 Å². The molecule has 1 amide bonds. The number of hydrogen-bond acceptors (Lipinski definition) is 6. The Morgan fingerprint density at radius 1 is 1.40 bits per heavy atom. The summed E-state index contributed by atoms with van der Waals surface area (Å²) in [5.74, 6) is 0.533. The molecule has 9 heteroatoms. The number of amides is 1. The standard InChI is InChI=1S/C21H22N6O2S/c1-13-5-6-17(14(2)9-13)27-19-16(11-23-27)20(29)26-15(12-30-21(26)24-19)10-18(28)25(3)8-4-7-22/h5-6,9,11,15H,4,8,10,12H2,1-3H3. The zero-order valence-electron chi connectivity index (χ0n) is 17.1. The maximum absolute atomic E-state index is 13.2. The maximum Gasteiger partial charge on any atom is 0.265 e. The van der Waals surface area contributed by atoms with Crippen molar-refractivity contribution in [3.05, 3.63) is 45.9 Å². The molecule has 1 aromatic carbocycles. The topological polar surface area (TPSA) is 96.8 Å². The fraction of sp³-hybridized carbons (Fsp3) is 0.381. The molecule has 0 aliphatic carbocycles. The quantitative estimate of drug-likeness (QED) is 0.587. The van der Waals surface area contributed by atoms with Gasteiger partial charge in [0.05, 0.1) is 30.4 Å². The van der Waals surface area contributed by atoms with E-state index in [1.807, 2.05) is 32.0 Å². The fourth-order valence-corrected chi connectivity index (χ4v) is 4.83. The van der Waals surface area contributed by atoms with Gasteiger partial charge in [-0.2, -0.15) is 10.4 Å². The molecule has 0 bridgehead atoms. The molecule has 0 fully saturated rings. The molecule has 0 spiro atoms. The van der Waals surface area contributed by atoms with Crippen LogP contribution in [0.2, 0.25) is 0 Å². The van der Waals surface area contributed by atoms with E-state index in [-0.39, 0.29) is 30.3 Å². The zero-order chi connectivity index (χ0) is 21.4. The first-order chi connectivity index (χ1) is 14.4. The van der Waals surface area contributed by atoms with E-state index >= 15 is 0 Å². The number of aryl methyl sites for hydroxylation is 2. The minimum Gasteiger partial charge on any atom is -0.345 e. The van der Waals surface area contributed by atoms with Gasteiger partial charge in [-0.15, -0.1) is 0 Å². The number of aromatic nitrogens is 4. The van der Waals surface area contributed by atoms with Gasteiger partial charge < -0.3 is 4.90 Å². The van der Waals surface area contributed by atoms with E-state index in [0.717, 1.165) is 16.8 Å². The Hall–Kier alpha value is -3.12. The molecule has 0 N–H and O–H groups in total. The van der Waals surface area contributed by atoms with Crippen LogP contribution in [0.4, 0.5) is 0 Å². The van der Waals surface area contributed by atoms with Crippen molar-refractivity contribution in [2.45, 2.75) is 37.9 Å². The van der Waals surface area contributed by atoms with Crippen LogP contribution in [0, 0.1) is 25.2 Å². The van der Waals surface area contributed by atoms with Gasteiger partial charge in [0.2, 0.25) is 5.91 Å². The Kier molecular flexibility index (Phi) is 5.35. The summed E-state index contributed by atoms with van der Waals surface area (Å²) >= 11 is 1.48. The minimum atomic E-state index is -0.254. The molecule has 3 heterocycles. The lowest BCUT2D eigenvalue weighted by Crippen LogP contribution is -2.32. The van der Waals surface area contributed by atoms with E-state index in [1.54, 1.807) is 27.4 Å². The molecule has 1 aliphatic heterocycles. The van der Waals surface area contributed by atoms with Gasteiger partial charge in [-0.1, -0.05) is 29.5 Å². The second kappa shape index (κ2) is 7.95. The van der Waals surface area contributed by atoms with Crippen LogP contribution in [-0.4, -0.2) is 49.5 Å². The predicted molar refractivity (Wildman–Crippen MR) is 115 cm³/mol. The summed E-state index contributed by atoms with van der Waals surface area (Å²) < 4.78 is 3.33. The number of hydrogen-bond donors (Lipinski definition) is 0. The van der Waals surface area contributed by atoms with Crippen LogP contribution in [0.3, 0.4) is 0 Å². The van der Waals surface area contributed by atoms with Gasteiger partial charge in [-0.25, -0.2) is 9.67 Å². The third-order valence-corrected chi connectivity index (χ3v) is 6.44. The first-order valence-corrected chi connectivity index (χ1v) is 10.7. The summed E-state index contributed by atoms with van der Waals surface area (Å²) in [5.41, 5.74) is 3.46. The summed E-state index contributed by atoms with van der Waals surface area (Å²) in [5, 5.41) is 14.2. The smallest absolute Gasteiger partial charge is 0.265 e. The zero-order valence-corrected chi connectivity index (χ0v) is 17.9. The van der Waals surface area contributed by atoms with Crippen molar-refractivity contribution >= 4 is 28.7 Å². The van der Waals surface area contributed by atoms with Gasteiger partial charge in [0.15, 0.2) is 10.8 Å². The van der Waals surface area contributed by atoms with Crippen molar-refractivity contribution in [2.24, 2.45) is 0 Å². The summed E-state index contributed by atoms with van der Waals surface area (Å²) in [6.45, 7) is 4.43. The highest BCUT2D eigenvalue weighted by Crippen LogP contribution is 2.33. The fourth-order valence-electron chi connectivity index (χ4n) is 3.70. The lowest BCUT2D eigenvalue weighted by molar-refractivity contribution is -0.130. The second-order valence-electron chi connectivity index (χ2n) is 7.55. The molecule has 30 heavy (non-hydrogen) atoms. The molecule has 1 aliphatic rings. The molecule has 3 aromatic rings. The molecule has 4 rings (SSSR count). The number of thioether (sulfide) groups is 1. The number of nitriles is 1. The Bertz CT molecular complexity index is 1240. The summed E-state index contributed by atoms with van der Waals surface area (Å²) in [7, 11) is 1.68. The van der Waals surface area contributed by atoms with Crippen molar-refractivity contribution in [1.29, 1.82) is 5.26 Å². The van der Waals surface area contributed by atoms with Crippen LogP contribution >= 0.6 is 11.8 Å². The highest BCUT2D eigenvalue weighted by Gasteiger charge is 2.30. The lowest BCUT2D eigenvalue weighted by atomic mass is 10.1. The molecule has 0 saturated heterocycles. The Labute approximate surface area is 178 Å². The molecule has 0 radical (unpaired) electrons. The highest BCUT2D eigenvalue weighted by molar-refractivity contribution is 7.99. The number of benzene rings is 1. The SMILES string of the molecule is Cc1ccc(-n2ncc3c(=O)n4c(nc32)SCC4CC(=O)N(C)CCC#N)c(C)c1. The molecule has 0 saturated carbocycles. The number of fused-ring (bicyclic) bond motifs is 2. The van der Waals surface area contributed by atoms with Gasteiger partial charge in [0.1, 0.15) is 5.39 Å². The van der Waals surface area contributed by atoms with Crippen molar-refractivity contribution in [3.8, 4) is 11.8 Å². The first-order valence-electron chi connectivity index (χ1n) is 9.72. The van der Waals surface area contributed by atoms with Crippen molar-refractivity contribution < 1.29 is 4.79 Å². The van der Waals surface area contributed by atoms with Gasteiger partial charge in [0.25, 0.3) is 5.56 Å². The summed E-state index contributed by atoms with van der Waals surface area (Å²) in [6.07, 6.45) is 2.05. The van der Waals surface area contributed by atoms with Crippen molar-refractivity contribution in [3.63, 3.8) is 0 Å². The Morgan fingerprint density at radius 2 is 2.20 bits per heavy atom. The third-order valence-electron chi connectivity index (χ3n) is 5.35. The number of carbonyl (C=O) groups is 1. The molecule has 1 unspecified atom stereocenters. The van der Waals surface area contributed by atoms with Gasteiger partial charge >= 0.3 is 0 Å². The van der Waals surface area contributed by atoms with Crippen LogP contribution in [0.25, 0.3) is 16.7 Å². The van der Waals surface area contributed by atoms with Gasteiger partial charge in [0, 0.05) is 25.8 Å². The predicted octanol–water partition coefficient (Wildman–Crippen LogP) is 2.61. The molecule has 2 aromatic heterocycles. The molecular weight excluding hydrogens is 400 g/mol. The number of rotatable bonds is 5. The van der Waals surface area contributed by atoms with E-state index in [1.165, 1.54) is 11.8 Å². The van der Waals surface area contributed by atoms with Crippen LogP contribution < -0.4 is 5.56 Å². The molecular formula is C21H22N6O2S. The first kappa shape index (κ1) is 20.2. The normalized spacial score (nSPS) is 15.2. The van der Waals surface area contributed by atoms with Crippen LogP contribution in [-0.2, 0) is 4.79 Å². The summed E-state index contributed by atoms with van der Waals surface area (Å²) in [4.78, 5) is 32.0. The van der Waals surface area contributed by atoms with E-state index in [4.69, 9.17) is 10.2 Å². The van der Waals surface area contributed by atoms with Crippen LogP contribution in [0.1, 0.15) is 30.0 Å². The van der Waals surface area contributed by atoms with E-state index in [2.05, 4.69) is 11.2 Å². The van der Waals surface area contributed by atoms with E-state index in [9.17, 15) is 9.59 Å². The van der Waals surface area contributed by atoms with E-state index in [0.29, 0.717) is 28.5 Å². The van der Waals surface area contributed by atoms with Crippen LogP contribution in [0.15, 0.2) is 34.3 Å². The third kappa shape index (κ3) is 3.48. The average molecular weight is 423 g/mol. The largest absolute Gasteiger partial charge is 0.345 e. The highest BCUT2D eigenvalue weighted by atomic mass is 32.2. The molecule has 154 valence electrons. The van der Waals surface area contributed by atoms with E-state index < -0.39 is 0 Å². The van der Waals surface area contributed by atoms with Crippen molar-refractivity contribution in [2.75, 3.05) is 19.3 Å². The van der Waals surface area contributed by atoms with Crippen molar-refractivity contribution in [1.82, 2.24) is 24.2 Å². The molecule has 1 atom stereocenters.